The van der Waals surface area contributed by atoms with E-state index in [2.05, 4.69) is 0 Å². The molecule has 106 valence electrons. The van der Waals surface area contributed by atoms with E-state index in [4.69, 9.17) is 9.47 Å². The van der Waals surface area contributed by atoms with Crippen molar-refractivity contribution in [1.29, 1.82) is 0 Å². The molecular weight excluding hydrogens is 244 g/mol. The molecule has 2 atom stereocenters. The molecule has 4 nitrogen and oxygen atoms in total. The molecule has 0 aromatic rings. The predicted molar refractivity (Wildman–Crippen MR) is 72.5 cm³/mol. The molecule has 0 aromatic heterocycles. The van der Waals surface area contributed by atoms with Crippen molar-refractivity contribution >= 4 is 11.9 Å². The highest BCUT2D eigenvalue weighted by Crippen LogP contribution is 2.20. The van der Waals surface area contributed by atoms with Crippen molar-refractivity contribution in [2.45, 2.75) is 59.2 Å². The summed E-state index contributed by atoms with van der Waals surface area (Å²) in [5, 5.41) is 0. The molecule has 4 heteroatoms. The van der Waals surface area contributed by atoms with Crippen molar-refractivity contribution in [2.24, 2.45) is 0 Å². The second-order valence-electron chi connectivity index (χ2n) is 4.79. The van der Waals surface area contributed by atoms with E-state index in [1.54, 1.807) is 0 Å². The zero-order valence-corrected chi connectivity index (χ0v) is 12.1. The summed E-state index contributed by atoms with van der Waals surface area (Å²) in [6.45, 7) is 7.68. The van der Waals surface area contributed by atoms with E-state index in [-0.39, 0.29) is 24.1 Å². The highest BCUT2D eigenvalue weighted by atomic mass is 16.6. The third-order valence-corrected chi connectivity index (χ3v) is 2.95. The Labute approximate surface area is 114 Å². The number of hydrogen-bond acceptors (Lipinski definition) is 4. The van der Waals surface area contributed by atoms with Gasteiger partial charge in [-0.25, -0.2) is 9.59 Å². The Morgan fingerprint density at radius 2 is 1.53 bits per heavy atom. The quantitative estimate of drug-likeness (QED) is 0.541. The third kappa shape index (κ3) is 4.54. The first kappa shape index (κ1) is 15.5. The maximum atomic E-state index is 10.9. The second kappa shape index (κ2) is 7.12. The Bertz CT molecular complexity index is 406. The van der Waals surface area contributed by atoms with Gasteiger partial charge < -0.3 is 9.47 Å². The van der Waals surface area contributed by atoms with Gasteiger partial charge in [-0.1, -0.05) is 19.1 Å². The zero-order valence-electron chi connectivity index (χ0n) is 12.1. The lowest BCUT2D eigenvalue weighted by molar-refractivity contribution is -0.139. The van der Waals surface area contributed by atoms with Crippen LogP contribution in [0.4, 0.5) is 0 Å². The van der Waals surface area contributed by atoms with Crippen molar-refractivity contribution < 1.29 is 19.1 Å². The predicted octanol–water partition coefficient (Wildman–Crippen LogP) is 2.93. The summed E-state index contributed by atoms with van der Waals surface area (Å²) < 4.78 is 9.78. The summed E-state index contributed by atoms with van der Waals surface area (Å²) in [6.07, 6.45) is 6.39. The van der Waals surface area contributed by atoms with Crippen LogP contribution in [0.5, 0.6) is 0 Å². The number of hydrogen-bond donors (Lipinski definition) is 0. The lowest BCUT2D eigenvalue weighted by Gasteiger charge is -1.94. The number of allylic oxidation sites excluding steroid dienone is 2. The smallest absolute Gasteiger partial charge is 0.334 e. The molecule has 0 N–H and O–H groups in total. The van der Waals surface area contributed by atoms with Crippen molar-refractivity contribution in [3.63, 3.8) is 0 Å². The molecule has 0 aromatic carbocycles. The molecule has 2 aliphatic rings. The van der Waals surface area contributed by atoms with Crippen LogP contribution in [-0.4, -0.2) is 24.1 Å². The van der Waals surface area contributed by atoms with Crippen LogP contribution in [0.25, 0.3) is 0 Å². The Hall–Kier alpha value is -1.58. The molecule has 0 saturated carbocycles. The molecule has 0 amide bonds. The summed E-state index contributed by atoms with van der Waals surface area (Å²) in [5.74, 6) is -0.278. The molecule has 0 radical (unpaired) electrons. The lowest BCUT2D eigenvalue weighted by atomic mass is 10.1. The van der Waals surface area contributed by atoms with Gasteiger partial charge in [-0.2, -0.15) is 0 Å². The largest absolute Gasteiger partial charge is 0.459 e. The van der Waals surface area contributed by atoms with Crippen molar-refractivity contribution in [2.75, 3.05) is 0 Å². The van der Waals surface area contributed by atoms with E-state index in [1.165, 1.54) is 0 Å². The summed E-state index contributed by atoms with van der Waals surface area (Å²) in [4.78, 5) is 21.6. The minimum Gasteiger partial charge on any atom is -0.459 e. The summed E-state index contributed by atoms with van der Waals surface area (Å²) in [6, 6.07) is 0. The second-order valence-corrected chi connectivity index (χ2v) is 4.79. The minimum atomic E-state index is -0.148. The molecule has 2 unspecified atom stereocenters. The first-order chi connectivity index (χ1) is 8.97. The van der Waals surface area contributed by atoms with Crippen LogP contribution in [0.2, 0.25) is 0 Å². The van der Waals surface area contributed by atoms with Gasteiger partial charge in [0.05, 0.1) is 0 Å². The van der Waals surface area contributed by atoms with Gasteiger partial charge in [0.2, 0.25) is 0 Å². The molecule has 2 heterocycles. The number of carbonyl (C=O) groups excluding carboxylic acids is 2. The molecule has 0 bridgehead atoms. The molecular formula is C15H22O4. The third-order valence-electron chi connectivity index (χ3n) is 2.95. The Morgan fingerprint density at radius 3 is 1.79 bits per heavy atom. The van der Waals surface area contributed by atoms with Gasteiger partial charge in [0.1, 0.15) is 12.2 Å². The first-order valence-corrected chi connectivity index (χ1v) is 6.74. The molecule has 0 aliphatic carbocycles. The monoisotopic (exact) mass is 266 g/mol. The standard InChI is InChI=1S/C8H12O2.C7H10O2/c1-3-4-7-5-6(2)10-8(7)9;1-3-6-4-5(2)9-7(6)8/h4,6H,3,5H2,1-2H3;3,5H,4H2,1-2H3. The Morgan fingerprint density at radius 1 is 1.05 bits per heavy atom. The molecule has 19 heavy (non-hydrogen) atoms. The van der Waals surface area contributed by atoms with E-state index in [0.717, 1.165) is 30.4 Å². The maximum Gasteiger partial charge on any atom is 0.334 e. The van der Waals surface area contributed by atoms with Gasteiger partial charge in [-0.3, -0.25) is 0 Å². The van der Waals surface area contributed by atoms with Gasteiger partial charge >= 0.3 is 11.9 Å². The number of cyclic esters (lactones) is 2. The van der Waals surface area contributed by atoms with Gasteiger partial charge in [0.15, 0.2) is 0 Å². The number of rotatable bonds is 1. The van der Waals surface area contributed by atoms with E-state index in [9.17, 15) is 9.59 Å². The Kier molecular flexibility index (Phi) is 5.80. The van der Waals surface area contributed by atoms with Crippen LogP contribution in [0.1, 0.15) is 47.0 Å². The summed E-state index contributed by atoms with van der Waals surface area (Å²) >= 11 is 0. The first-order valence-electron chi connectivity index (χ1n) is 6.74. The van der Waals surface area contributed by atoms with Crippen LogP contribution in [-0.2, 0) is 19.1 Å². The molecule has 2 aliphatic heterocycles. The Balaban J connectivity index is 0.000000191. The fourth-order valence-corrected chi connectivity index (χ4v) is 2.03. The van der Waals surface area contributed by atoms with E-state index in [0.29, 0.717) is 0 Å². The van der Waals surface area contributed by atoms with Gasteiger partial charge in [-0.15, -0.1) is 0 Å². The van der Waals surface area contributed by atoms with Gasteiger partial charge in [0.25, 0.3) is 0 Å². The highest BCUT2D eigenvalue weighted by molar-refractivity contribution is 5.90. The van der Waals surface area contributed by atoms with Crippen LogP contribution < -0.4 is 0 Å². The molecule has 2 fully saturated rings. The molecule has 2 rings (SSSR count). The summed E-state index contributed by atoms with van der Waals surface area (Å²) in [7, 11) is 0. The lowest BCUT2D eigenvalue weighted by Crippen LogP contribution is -1.99. The number of carbonyl (C=O) groups is 2. The maximum absolute atomic E-state index is 10.9. The molecule has 0 spiro atoms. The van der Waals surface area contributed by atoms with Crippen LogP contribution in [0.3, 0.4) is 0 Å². The summed E-state index contributed by atoms with van der Waals surface area (Å²) in [5.41, 5.74) is 1.65. The fourth-order valence-electron chi connectivity index (χ4n) is 2.03. The normalized spacial score (nSPS) is 30.1. The number of ether oxygens (including phenoxy) is 2. The zero-order chi connectivity index (χ0) is 14.4. The fraction of sp³-hybridized carbons (Fsp3) is 0.600. The van der Waals surface area contributed by atoms with Gasteiger partial charge in [0, 0.05) is 24.0 Å². The van der Waals surface area contributed by atoms with Crippen molar-refractivity contribution in [3.8, 4) is 0 Å². The topological polar surface area (TPSA) is 52.6 Å². The molecule has 2 saturated heterocycles. The van der Waals surface area contributed by atoms with E-state index >= 15 is 0 Å². The average molecular weight is 266 g/mol. The highest BCUT2D eigenvalue weighted by Gasteiger charge is 2.24. The SMILES string of the molecule is CC=C1CC(C)OC1=O.CCC=C1CC(C)OC1=O. The average Bonchev–Trinajstić information content (AvgIpc) is 2.83. The number of esters is 2. The van der Waals surface area contributed by atoms with Crippen LogP contribution in [0.15, 0.2) is 23.3 Å². The minimum absolute atomic E-state index is 0.0868. The van der Waals surface area contributed by atoms with Crippen molar-refractivity contribution in [3.05, 3.63) is 23.3 Å². The van der Waals surface area contributed by atoms with E-state index in [1.807, 2.05) is 39.8 Å². The van der Waals surface area contributed by atoms with Crippen molar-refractivity contribution in [1.82, 2.24) is 0 Å². The van der Waals surface area contributed by atoms with Crippen LogP contribution >= 0.6 is 0 Å². The van der Waals surface area contributed by atoms with Gasteiger partial charge in [-0.05, 0) is 27.2 Å². The van der Waals surface area contributed by atoms with E-state index < -0.39 is 0 Å². The van der Waals surface area contributed by atoms with Crippen LogP contribution in [0, 0.1) is 0 Å².